The zero-order valence-corrected chi connectivity index (χ0v) is 27.1. The second-order valence-corrected chi connectivity index (χ2v) is 12.2. The molecule has 0 aliphatic carbocycles. The normalized spacial score (nSPS) is 16.4. The Morgan fingerprint density at radius 1 is 0.930 bits per heavy atom. The number of esters is 1. The SMILES string of the molecule is CCCCNCc1c(C)c2cc3nc(c(C)c4nc(cc5[nH]c(cc1[nH]2)c(C)c5CC)C(C)=C4)[C@@H](CCC(=O)OC)[C@@H]3C. The van der Waals surface area contributed by atoms with Crippen LogP contribution < -0.4 is 5.32 Å². The molecule has 8 bridgehead atoms. The maximum absolute atomic E-state index is 12.2. The first-order chi connectivity index (χ1) is 20.7. The van der Waals surface area contributed by atoms with Gasteiger partial charge in [-0.3, -0.25) is 9.78 Å². The highest BCUT2D eigenvalue weighted by Crippen LogP contribution is 2.42. The quantitative estimate of drug-likeness (QED) is 0.175. The number of aryl methyl sites for hydroxylation is 3. The van der Waals surface area contributed by atoms with Gasteiger partial charge in [0.15, 0.2) is 0 Å². The Labute approximate surface area is 255 Å². The Balaban J connectivity index is 1.83. The van der Waals surface area contributed by atoms with Crippen molar-refractivity contribution in [3.05, 3.63) is 68.8 Å². The third-order valence-corrected chi connectivity index (χ3v) is 9.45. The standard InChI is InChI=1S/C36H47N5O2/c1-9-11-14-37-19-27-23(6)30-17-32-22(5)26(12-13-35(42)43-8)36(41-32)24(7)29-15-20(3)28(38-29)16-33-25(10-2)21(4)31(39-33)18-34(27)40-30/h15-18,22,26,37,39-40H,9-14,19H2,1-8H3/t22-,26-/m0/s1. The van der Waals surface area contributed by atoms with Crippen LogP contribution in [0.4, 0.5) is 0 Å². The van der Waals surface area contributed by atoms with Gasteiger partial charge < -0.3 is 20.0 Å². The molecule has 5 heterocycles. The third kappa shape index (κ3) is 6.05. The number of ether oxygens (including phenoxy) is 1. The minimum absolute atomic E-state index is 0.0989. The van der Waals surface area contributed by atoms with E-state index in [-0.39, 0.29) is 17.8 Å². The smallest absolute Gasteiger partial charge is 0.305 e. The molecule has 2 aliphatic rings. The summed E-state index contributed by atoms with van der Waals surface area (Å²) < 4.78 is 5.00. The van der Waals surface area contributed by atoms with Gasteiger partial charge in [-0.25, -0.2) is 4.98 Å². The lowest BCUT2D eigenvalue weighted by atomic mass is 9.86. The number of allylic oxidation sites excluding steroid dienone is 1. The Hall–Kier alpha value is -3.71. The van der Waals surface area contributed by atoms with Gasteiger partial charge >= 0.3 is 5.97 Å². The fourth-order valence-electron chi connectivity index (χ4n) is 6.57. The molecule has 43 heavy (non-hydrogen) atoms. The number of rotatable bonds is 9. The highest BCUT2D eigenvalue weighted by molar-refractivity contribution is 5.85. The van der Waals surface area contributed by atoms with Crippen LogP contribution in [0.25, 0.3) is 33.7 Å². The first kappa shape index (κ1) is 30.7. The summed E-state index contributed by atoms with van der Waals surface area (Å²) in [4.78, 5) is 30.0. The zero-order chi connectivity index (χ0) is 30.8. The van der Waals surface area contributed by atoms with Crippen molar-refractivity contribution in [1.29, 1.82) is 0 Å². The van der Waals surface area contributed by atoms with Crippen LogP contribution in [0.2, 0.25) is 0 Å². The number of carbonyl (C=O) groups is 1. The molecular weight excluding hydrogens is 534 g/mol. The predicted molar refractivity (Wildman–Crippen MR) is 177 cm³/mol. The van der Waals surface area contributed by atoms with E-state index in [1.165, 1.54) is 35.8 Å². The van der Waals surface area contributed by atoms with E-state index >= 15 is 0 Å². The Kier molecular flexibility index (Phi) is 9.21. The summed E-state index contributed by atoms with van der Waals surface area (Å²) >= 11 is 0. The number of unbranched alkanes of at least 4 members (excludes halogenated alkanes) is 1. The number of methoxy groups -OCH3 is 1. The maximum Gasteiger partial charge on any atom is 0.305 e. The van der Waals surface area contributed by atoms with Gasteiger partial charge in [0.25, 0.3) is 0 Å². The zero-order valence-electron chi connectivity index (χ0n) is 27.1. The van der Waals surface area contributed by atoms with Gasteiger partial charge in [0.05, 0.1) is 18.5 Å². The number of aromatic amines is 2. The average molecular weight is 582 g/mol. The van der Waals surface area contributed by atoms with E-state index in [0.717, 1.165) is 81.9 Å². The summed E-state index contributed by atoms with van der Waals surface area (Å²) in [5.41, 5.74) is 15.7. The summed E-state index contributed by atoms with van der Waals surface area (Å²) in [6.07, 6.45) is 6.46. The van der Waals surface area contributed by atoms with E-state index in [1.54, 1.807) is 0 Å². The summed E-state index contributed by atoms with van der Waals surface area (Å²) in [7, 11) is 1.45. The molecule has 2 aliphatic heterocycles. The number of hydrogen-bond acceptors (Lipinski definition) is 5. The molecule has 3 aromatic rings. The first-order valence-corrected chi connectivity index (χ1v) is 15.8. The largest absolute Gasteiger partial charge is 0.469 e. The molecule has 7 nitrogen and oxygen atoms in total. The molecule has 0 radical (unpaired) electrons. The number of carbonyl (C=O) groups excluding carboxylic acids is 1. The number of nitrogens with zero attached hydrogens (tertiary/aromatic N) is 2. The minimum atomic E-state index is -0.188. The predicted octanol–water partition coefficient (Wildman–Crippen LogP) is 8.09. The van der Waals surface area contributed by atoms with Crippen LogP contribution in [0.5, 0.6) is 0 Å². The molecule has 5 rings (SSSR count). The van der Waals surface area contributed by atoms with Crippen LogP contribution in [0.15, 0.2) is 18.2 Å². The Morgan fingerprint density at radius 3 is 2.33 bits per heavy atom. The van der Waals surface area contributed by atoms with Gasteiger partial charge in [0.1, 0.15) is 0 Å². The van der Waals surface area contributed by atoms with Crippen molar-refractivity contribution < 1.29 is 9.53 Å². The van der Waals surface area contributed by atoms with Crippen molar-refractivity contribution in [3.8, 4) is 0 Å². The van der Waals surface area contributed by atoms with E-state index in [9.17, 15) is 4.79 Å². The Bertz CT molecular complexity index is 1730. The van der Waals surface area contributed by atoms with Gasteiger partial charge in [0, 0.05) is 58.3 Å². The summed E-state index contributed by atoms with van der Waals surface area (Å²) in [6.45, 7) is 17.1. The molecule has 0 spiro atoms. The van der Waals surface area contributed by atoms with Crippen molar-refractivity contribution in [1.82, 2.24) is 25.3 Å². The summed E-state index contributed by atoms with van der Waals surface area (Å²) in [5, 5.41) is 3.66. The molecule has 3 N–H and O–H groups in total. The molecule has 228 valence electrons. The van der Waals surface area contributed by atoms with Gasteiger partial charge in [-0.1, -0.05) is 27.2 Å². The van der Waals surface area contributed by atoms with Crippen molar-refractivity contribution in [2.24, 2.45) is 0 Å². The summed E-state index contributed by atoms with van der Waals surface area (Å²) in [5.74, 6) is 0.0577. The second kappa shape index (κ2) is 12.9. The molecular formula is C36H47N5O2. The third-order valence-electron chi connectivity index (χ3n) is 9.45. The molecule has 3 aromatic heterocycles. The highest BCUT2D eigenvalue weighted by atomic mass is 16.5. The van der Waals surface area contributed by atoms with Gasteiger partial charge in [-0.2, -0.15) is 0 Å². The van der Waals surface area contributed by atoms with Gasteiger partial charge in [0.2, 0.25) is 0 Å². The number of nitrogens with one attached hydrogen (secondary N) is 3. The fourth-order valence-corrected chi connectivity index (χ4v) is 6.57. The van der Waals surface area contributed by atoms with Crippen LogP contribution in [-0.4, -0.2) is 39.6 Å². The molecule has 0 amide bonds. The minimum Gasteiger partial charge on any atom is -0.469 e. The van der Waals surface area contributed by atoms with Crippen molar-refractivity contribution in [2.75, 3.05) is 13.7 Å². The number of H-pyrrole nitrogens is 2. The topological polar surface area (TPSA) is 95.7 Å². The summed E-state index contributed by atoms with van der Waals surface area (Å²) in [6, 6.07) is 6.68. The van der Waals surface area contributed by atoms with E-state index in [1.807, 2.05) is 0 Å². The average Bonchev–Trinajstić information content (AvgIpc) is 3.69. The van der Waals surface area contributed by atoms with Crippen molar-refractivity contribution in [3.63, 3.8) is 0 Å². The van der Waals surface area contributed by atoms with E-state index < -0.39 is 0 Å². The van der Waals surface area contributed by atoms with Crippen LogP contribution in [0, 0.1) is 20.8 Å². The van der Waals surface area contributed by atoms with Crippen molar-refractivity contribution in [2.45, 2.75) is 99.0 Å². The number of aromatic nitrogens is 4. The number of fused-ring (bicyclic) bond motifs is 8. The van der Waals surface area contributed by atoms with E-state index in [2.05, 4.69) is 88.0 Å². The van der Waals surface area contributed by atoms with Crippen LogP contribution in [0.3, 0.4) is 0 Å². The van der Waals surface area contributed by atoms with Crippen LogP contribution >= 0.6 is 0 Å². The second-order valence-electron chi connectivity index (χ2n) is 12.2. The van der Waals surface area contributed by atoms with Crippen LogP contribution in [0.1, 0.15) is 116 Å². The van der Waals surface area contributed by atoms with Gasteiger partial charge in [-0.15, -0.1) is 0 Å². The van der Waals surface area contributed by atoms with E-state index in [4.69, 9.17) is 14.7 Å². The first-order valence-electron chi connectivity index (χ1n) is 15.8. The number of hydrogen-bond donors (Lipinski definition) is 3. The fraction of sp³-hybridized carbons (Fsp3) is 0.472. The van der Waals surface area contributed by atoms with Crippen molar-refractivity contribution >= 4 is 39.7 Å². The maximum atomic E-state index is 12.2. The highest BCUT2D eigenvalue weighted by Gasteiger charge is 2.31. The lowest BCUT2D eigenvalue weighted by Crippen LogP contribution is -2.14. The lowest BCUT2D eigenvalue weighted by Gasteiger charge is -2.16. The molecule has 0 aromatic carbocycles. The monoisotopic (exact) mass is 581 g/mol. The Morgan fingerprint density at radius 2 is 1.63 bits per heavy atom. The lowest BCUT2D eigenvalue weighted by molar-refractivity contribution is -0.140. The molecule has 0 saturated carbocycles. The van der Waals surface area contributed by atoms with E-state index in [0.29, 0.717) is 12.8 Å². The molecule has 2 atom stereocenters. The molecule has 0 unspecified atom stereocenters. The van der Waals surface area contributed by atoms with Gasteiger partial charge in [-0.05, 0) is 111 Å². The molecule has 0 fully saturated rings. The van der Waals surface area contributed by atoms with Crippen LogP contribution in [-0.2, 0) is 22.5 Å². The molecule has 0 saturated heterocycles. The molecule has 7 heteroatoms.